The molecule has 2 amide bonds. The first-order valence-electron chi connectivity index (χ1n) is 7.34. The molecule has 0 atom stereocenters. The van der Waals surface area contributed by atoms with Crippen LogP contribution in [0, 0.1) is 0 Å². The first-order chi connectivity index (χ1) is 10.7. The van der Waals surface area contributed by atoms with Crippen molar-refractivity contribution in [2.75, 3.05) is 6.54 Å². The van der Waals surface area contributed by atoms with E-state index in [4.69, 9.17) is 4.42 Å². The molecule has 5 heteroatoms. The number of carbonyl (C=O) groups excluding carboxylic acids is 2. The van der Waals surface area contributed by atoms with E-state index in [1.54, 1.807) is 18.4 Å². The minimum atomic E-state index is -0.442. The lowest BCUT2D eigenvalue weighted by molar-refractivity contribution is -0.127. The molecule has 2 N–H and O–H groups in total. The summed E-state index contributed by atoms with van der Waals surface area (Å²) in [6.07, 6.45) is 3.22. The number of benzene rings is 1. The van der Waals surface area contributed by atoms with Crippen LogP contribution in [-0.4, -0.2) is 18.4 Å². The number of carbonyl (C=O) groups is 2. The van der Waals surface area contributed by atoms with E-state index in [9.17, 15) is 9.59 Å². The van der Waals surface area contributed by atoms with Crippen LogP contribution < -0.4 is 10.6 Å². The molecule has 114 valence electrons. The van der Waals surface area contributed by atoms with Gasteiger partial charge in [-0.05, 0) is 30.5 Å². The summed E-state index contributed by atoms with van der Waals surface area (Å²) < 4.78 is 5.13. The third-order valence-electron chi connectivity index (χ3n) is 3.96. The fraction of sp³-hybridized carbons (Fsp3) is 0.294. The van der Waals surface area contributed by atoms with Crippen LogP contribution in [0.5, 0.6) is 0 Å². The Labute approximate surface area is 128 Å². The van der Waals surface area contributed by atoms with Gasteiger partial charge in [-0.2, -0.15) is 0 Å². The highest BCUT2D eigenvalue weighted by atomic mass is 16.3. The van der Waals surface area contributed by atoms with Gasteiger partial charge in [0.25, 0.3) is 0 Å². The lowest BCUT2D eigenvalue weighted by atomic mass is 9.95. The Kier molecular flexibility index (Phi) is 3.96. The smallest absolute Gasteiger partial charge is 0.239 e. The Balaban J connectivity index is 1.49. The Morgan fingerprint density at radius 3 is 2.45 bits per heavy atom. The average molecular weight is 298 g/mol. The fourth-order valence-electron chi connectivity index (χ4n) is 2.52. The summed E-state index contributed by atoms with van der Waals surface area (Å²) in [5, 5.41) is 5.44. The fourth-order valence-corrected chi connectivity index (χ4v) is 2.52. The summed E-state index contributed by atoms with van der Waals surface area (Å²) >= 11 is 0. The molecule has 22 heavy (non-hydrogen) atoms. The van der Waals surface area contributed by atoms with Crippen molar-refractivity contribution in [2.24, 2.45) is 0 Å². The van der Waals surface area contributed by atoms with Gasteiger partial charge in [0.05, 0.1) is 24.8 Å². The largest absolute Gasteiger partial charge is 0.467 e. The number of hydrogen-bond donors (Lipinski definition) is 2. The normalized spacial score (nSPS) is 15.1. The summed E-state index contributed by atoms with van der Waals surface area (Å²) in [6.45, 7) is 0.305. The second-order valence-corrected chi connectivity index (χ2v) is 5.49. The van der Waals surface area contributed by atoms with Gasteiger partial charge in [-0.15, -0.1) is 0 Å². The van der Waals surface area contributed by atoms with E-state index in [1.807, 2.05) is 30.3 Å². The van der Waals surface area contributed by atoms with E-state index in [1.165, 1.54) is 0 Å². The summed E-state index contributed by atoms with van der Waals surface area (Å²) in [6, 6.07) is 13.3. The van der Waals surface area contributed by atoms with Gasteiger partial charge >= 0.3 is 0 Å². The number of furan rings is 1. The highest BCUT2D eigenvalue weighted by Crippen LogP contribution is 2.48. The highest BCUT2D eigenvalue weighted by Gasteiger charge is 2.51. The molecule has 0 aliphatic heterocycles. The molecule has 0 saturated heterocycles. The van der Waals surface area contributed by atoms with Crippen molar-refractivity contribution in [3.63, 3.8) is 0 Å². The van der Waals surface area contributed by atoms with Gasteiger partial charge in [0.2, 0.25) is 11.8 Å². The summed E-state index contributed by atoms with van der Waals surface area (Å²) in [4.78, 5) is 24.1. The van der Waals surface area contributed by atoms with E-state index in [2.05, 4.69) is 10.6 Å². The van der Waals surface area contributed by atoms with Gasteiger partial charge in [0, 0.05) is 0 Å². The van der Waals surface area contributed by atoms with Crippen molar-refractivity contribution >= 4 is 11.8 Å². The van der Waals surface area contributed by atoms with Crippen LogP contribution in [0.4, 0.5) is 0 Å². The molecule has 0 spiro atoms. The molecule has 3 rings (SSSR count). The topological polar surface area (TPSA) is 71.3 Å². The first-order valence-corrected chi connectivity index (χ1v) is 7.34. The first kappa shape index (κ1) is 14.4. The van der Waals surface area contributed by atoms with Crippen LogP contribution in [-0.2, 0) is 21.5 Å². The predicted octanol–water partition coefficient (Wildman–Crippen LogP) is 1.74. The van der Waals surface area contributed by atoms with Gasteiger partial charge in [-0.25, -0.2) is 0 Å². The Bertz CT molecular complexity index is 646. The Morgan fingerprint density at radius 1 is 1.05 bits per heavy atom. The van der Waals surface area contributed by atoms with E-state index in [0.29, 0.717) is 12.3 Å². The maximum atomic E-state index is 12.4. The Morgan fingerprint density at radius 2 is 1.82 bits per heavy atom. The van der Waals surface area contributed by atoms with Crippen LogP contribution >= 0.6 is 0 Å². The minimum absolute atomic E-state index is 0.0197. The molecule has 1 aromatic carbocycles. The SMILES string of the molecule is O=C(CNC(=O)C1(c2ccccc2)CC1)NCc1ccco1. The number of nitrogens with one attached hydrogen (secondary N) is 2. The molecular weight excluding hydrogens is 280 g/mol. The molecular formula is C17H18N2O3. The van der Waals surface area contributed by atoms with Crippen LogP contribution in [0.3, 0.4) is 0 Å². The third kappa shape index (κ3) is 3.03. The van der Waals surface area contributed by atoms with Crippen molar-refractivity contribution < 1.29 is 14.0 Å². The van der Waals surface area contributed by atoms with Crippen molar-refractivity contribution in [1.29, 1.82) is 0 Å². The molecule has 5 nitrogen and oxygen atoms in total. The molecule has 1 heterocycles. The number of rotatable bonds is 6. The summed E-state index contributed by atoms with van der Waals surface area (Å²) in [7, 11) is 0. The van der Waals surface area contributed by atoms with Crippen LogP contribution in [0.15, 0.2) is 53.1 Å². The average Bonchev–Trinajstić information content (AvgIpc) is 3.21. The second kappa shape index (κ2) is 6.05. The molecule has 0 unspecified atom stereocenters. The zero-order valence-electron chi connectivity index (χ0n) is 12.2. The molecule has 0 radical (unpaired) electrons. The Hall–Kier alpha value is -2.56. The quantitative estimate of drug-likeness (QED) is 0.853. The van der Waals surface area contributed by atoms with Crippen molar-refractivity contribution in [2.45, 2.75) is 24.8 Å². The summed E-state index contributed by atoms with van der Waals surface area (Å²) in [5.41, 5.74) is 0.575. The maximum Gasteiger partial charge on any atom is 0.239 e. The van der Waals surface area contributed by atoms with Gasteiger partial charge in [-0.3, -0.25) is 9.59 Å². The predicted molar refractivity (Wildman–Crippen MR) is 80.9 cm³/mol. The molecule has 1 aliphatic rings. The van der Waals surface area contributed by atoms with Crippen LogP contribution in [0.1, 0.15) is 24.2 Å². The van der Waals surface area contributed by atoms with E-state index < -0.39 is 5.41 Å². The van der Waals surface area contributed by atoms with Gasteiger partial charge in [-0.1, -0.05) is 30.3 Å². The third-order valence-corrected chi connectivity index (χ3v) is 3.96. The van der Waals surface area contributed by atoms with Crippen LogP contribution in [0.2, 0.25) is 0 Å². The van der Waals surface area contributed by atoms with Crippen molar-refractivity contribution in [1.82, 2.24) is 10.6 Å². The monoisotopic (exact) mass is 298 g/mol. The number of amides is 2. The van der Waals surface area contributed by atoms with E-state index >= 15 is 0 Å². The molecule has 1 fully saturated rings. The number of hydrogen-bond acceptors (Lipinski definition) is 3. The van der Waals surface area contributed by atoms with Gasteiger partial charge in [0.1, 0.15) is 5.76 Å². The zero-order chi connectivity index (χ0) is 15.4. The highest BCUT2D eigenvalue weighted by molar-refractivity contribution is 5.93. The molecule has 1 aromatic heterocycles. The molecule has 0 bridgehead atoms. The summed E-state index contributed by atoms with van der Waals surface area (Å²) in [5.74, 6) is 0.378. The van der Waals surface area contributed by atoms with Crippen molar-refractivity contribution in [3.05, 3.63) is 60.1 Å². The lowest BCUT2D eigenvalue weighted by Crippen LogP contribution is -2.41. The van der Waals surface area contributed by atoms with Gasteiger partial charge in [0.15, 0.2) is 0 Å². The van der Waals surface area contributed by atoms with Gasteiger partial charge < -0.3 is 15.1 Å². The second-order valence-electron chi connectivity index (χ2n) is 5.49. The minimum Gasteiger partial charge on any atom is -0.467 e. The van der Waals surface area contributed by atoms with E-state index in [-0.39, 0.29) is 18.4 Å². The molecule has 1 saturated carbocycles. The van der Waals surface area contributed by atoms with Crippen LogP contribution in [0.25, 0.3) is 0 Å². The molecule has 2 aromatic rings. The molecule has 1 aliphatic carbocycles. The standard InChI is InChI=1S/C17H18N2O3/c20-15(18-11-14-7-4-10-22-14)12-19-16(21)17(8-9-17)13-5-2-1-3-6-13/h1-7,10H,8-9,11-12H2,(H,18,20)(H,19,21). The van der Waals surface area contributed by atoms with Crippen molar-refractivity contribution in [3.8, 4) is 0 Å². The maximum absolute atomic E-state index is 12.4. The lowest BCUT2D eigenvalue weighted by Gasteiger charge is -2.15. The zero-order valence-corrected chi connectivity index (χ0v) is 12.2. The van der Waals surface area contributed by atoms with E-state index in [0.717, 1.165) is 18.4 Å².